The number of nitrogens with zero attached hydrogens (tertiary/aromatic N) is 1. The summed E-state index contributed by atoms with van der Waals surface area (Å²) in [5.41, 5.74) is 0.655. The van der Waals surface area contributed by atoms with Crippen molar-refractivity contribution in [3.8, 4) is 11.5 Å². The Labute approximate surface area is 147 Å². The normalized spacial score (nSPS) is 18.3. The van der Waals surface area contributed by atoms with Gasteiger partial charge in [-0.15, -0.1) is 0 Å². The summed E-state index contributed by atoms with van der Waals surface area (Å²) in [5.74, 6) is 0.312. The molecule has 0 bridgehead atoms. The number of hydrogen-bond acceptors (Lipinski definition) is 4. The van der Waals surface area contributed by atoms with Crippen LogP contribution in [0, 0.1) is 5.82 Å². The maximum absolute atomic E-state index is 13.6. The van der Waals surface area contributed by atoms with Crippen LogP contribution in [0.4, 0.5) is 4.39 Å². The quantitative estimate of drug-likeness (QED) is 0.815. The molecule has 134 valence electrons. The molecule has 0 aliphatic carbocycles. The lowest BCUT2D eigenvalue weighted by Gasteiger charge is -2.25. The number of ether oxygens (including phenoxy) is 2. The molecule has 1 aliphatic heterocycles. The number of halogens is 1. The molecule has 0 N–H and O–H groups in total. The Balaban J connectivity index is 2.04. The second-order valence-corrected chi connectivity index (χ2v) is 7.70. The van der Waals surface area contributed by atoms with Gasteiger partial charge in [-0.3, -0.25) is 0 Å². The van der Waals surface area contributed by atoms with Gasteiger partial charge in [0.1, 0.15) is 22.2 Å². The van der Waals surface area contributed by atoms with Gasteiger partial charge in [0.25, 0.3) is 0 Å². The first-order valence-corrected chi connectivity index (χ1v) is 9.40. The lowest BCUT2D eigenvalue weighted by atomic mass is 10.1. The summed E-state index contributed by atoms with van der Waals surface area (Å²) in [6, 6.07) is 10.4. The highest BCUT2D eigenvalue weighted by Crippen LogP contribution is 2.39. The SMILES string of the molecule is COc1ccc(OC)c(S(=O)(=O)N2CCC[C@@H]2c2cccc(F)c2)c1. The molecule has 0 saturated carbocycles. The average molecular weight is 365 g/mol. The molecule has 7 heteroatoms. The van der Waals surface area contributed by atoms with Crippen LogP contribution in [0.15, 0.2) is 47.4 Å². The Bertz CT molecular complexity index is 869. The Morgan fingerprint density at radius 1 is 1.12 bits per heavy atom. The lowest BCUT2D eigenvalue weighted by Crippen LogP contribution is -2.31. The van der Waals surface area contributed by atoms with E-state index in [2.05, 4.69) is 0 Å². The zero-order chi connectivity index (χ0) is 18.0. The molecule has 0 radical (unpaired) electrons. The largest absolute Gasteiger partial charge is 0.497 e. The van der Waals surface area contributed by atoms with E-state index < -0.39 is 16.1 Å². The molecular weight excluding hydrogens is 345 g/mol. The van der Waals surface area contributed by atoms with E-state index in [4.69, 9.17) is 9.47 Å². The van der Waals surface area contributed by atoms with Crippen molar-refractivity contribution in [1.29, 1.82) is 0 Å². The molecule has 0 spiro atoms. The van der Waals surface area contributed by atoms with Crippen molar-refractivity contribution >= 4 is 10.0 Å². The maximum atomic E-state index is 13.6. The average Bonchev–Trinajstić information content (AvgIpc) is 3.12. The molecule has 0 amide bonds. The van der Waals surface area contributed by atoms with Crippen LogP contribution in [0.2, 0.25) is 0 Å². The first-order chi connectivity index (χ1) is 12.0. The predicted molar refractivity (Wildman–Crippen MR) is 91.8 cm³/mol. The molecule has 2 aromatic rings. The van der Waals surface area contributed by atoms with E-state index in [-0.39, 0.29) is 16.5 Å². The van der Waals surface area contributed by atoms with Gasteiger partial charge >= 0.3 is 0 Å². The van der Waals surface area contributed by atoms with Crippen molar-refractivity contribution in [1.82, 2.24) is 4.31 Å². The number of rotatable bonds is 5. The number of sulfonamides is 1. The molecule has 1 heterocycles. The van der Waals surface area contributed by atoms with Gasteiger partial charge in [0.15, 0.2) is 0 Å². The van der Waals surface area contributed by atoms with E-state index in [1.165, 1.54) is 36.7 Å². The standard InChI is InChI=1S/C18H20FNO4S/c1-23-15-8-9-17(24-2)18(12-15)25(21,22)20-10-4-7-16(20)13-5-3-6-14(19)11-13/h3,5-6,8-9,11-12,16H,4,7,10H2,1-2H3/t16-/m1/s1. The minimum atomic E-state index is -3.82. The zero-order valence-electron chi connectivity index (χ0n) is 14.1. The number of benzene rings is 2. The lowest BCUT2D eigenvalue weighted by molar-refractivity contribution is 0.375. The van der Waals surface area contributed by atoms with E-state index >= 15 is 0 Å². The fraction of sp³-hybridized carbons (Fsp3) is 0.333. The summed E-state index contributed by atoms with van der Waals surface area (Å²) in [5, 5.41) is 0. The van der Waals surface area contributed by atoms with Gasteiger partial charge < -0.3 is 9.47 Å². The second-order valence-electron chi connectivity index (χ2n) is 5.85. The van der Waals surface area contributed by atoms with Gasteiger partial charge in [-0.25, -0.2) is 12.8 Å². The van der Waals surface area contributed by atoms with Crippen molar-refractivity contribution in [3.63, 3.8) is 0 Å². The van der Waals surface area contributed by atoms with Gasteiger partial charge in [-0.2, -0.15) is 4.31 Å². The molecule has 25 heavy (non-hydrogen) atoms. The molecule has 5 nitrogen and oxygen atoms in total. The van der Waals surface area contributed by atoms with Crippen molar-refractivity contribution in [2.24, 2.45) is 0 Å². The molecule has 2 aromatic carbocycles. The zero-order valence-corrected chi connectivity index (χ0v) is 14.9. The van der Waals surface area contributed by atoms with Crippen LogP contribution < -0.4 is 9.47 Å². The van der Waals surface area contributed by atoms with Crippen LogP contribution in [0.25, 0.3) is 0 Å². The van der Waals surface area contributed by atoms with E-state index in [0.717, 1.165) is 0 Å². The highest BCUT2D eigenvalue weighted by atomic mass is 32.2. The molecule has 0 unspecified atom stereocenters. The Morgan fingerprint density at radius 2 is 1.92 bits per heavy atom. The fourth-order valence-electron chi connectivity index (χ4n) is 3.19. The van der Waals surface area contributed by atoms with Crippen molar-refractivity contribution in [2.75, 3.05) is 20.8 Å². The van der Waals surface area contributed by atoms with E-state index in [1.807, 2.05) is 0 Å². The summed E-state index contributed by atoms with van der Waals surface area (Å²) in [6.45, 7) is 0.379. The molecule has 0 aromatic heterocycles. The summed E-state index contributed by atoms with van der Waals surface area (Å²) in [4.78, 5) is 0.0534. The fourth-order valence-corrected chi connectivity index (χ4v) is 5.04. The van der Waals surface area contributed by atoms with Crippen LogP contribution in [-0.4, -0.2) is 33.5 Å². The van der Waals surface area contributed by atoms with Crippen LogP contribution in [-0.2, 0) is 10.0 Å². The second kappa shape index (κ2) is 7.01. The van der Waals surface area contributed by atoms with Gasteiger partial charge in [0, 0.05) is 12.6 Å². The number of methoxy groups -OCH3 is 2. The van der Waals surface area contributed by atoms with Gasteiger partial charge in [-0.1, -0.05) is 12.1 Å². The smallest absolute Gasteiger partial charge is 0.247 e. The van der Waals surface area contributed by atoms with Crippen LogP contribution in [0.5, 0.6) is 11.5 Å². The Hall–Kier alpha value is -2.12. The molecule has 1 atom stereocenters. The highest BCUT2D eigenvalue weighted by Gasteiger charge is 2.38. The highest BCUT2D eigenvalue weighted by molar-refractivity contribution is 7.89. The maximum Gasteiger partial charge on any atom is 0.247 e. The minimum absolute atomic E-state index is 0.0534. The van der Waals surface area contributed by atoms with Crippen LogP contribution in [0.1, 0.15) is 24.4 Å². The van der Waals surface area contributed by atoms with Crippen LogP contribution >= 0.6 is 0 Å². The van der Waals surface area contributed by atoms with Gasteiger partial charge in [-0.05, 0) is 42.7 Å². The summed E-state index contributed by atoms with van der Waals surface area (Å²) >= 11 is 0. The summed E-state index contributed by atoms with van der Waals surface area (Å²) in [6.07, 6.45) is 1.36. The van der Waals surface area contributed by atoms with E-state index in [1.54, 1.807) is 24.3 Å². The molecular formula is C18H20FNO4S. The molecule has 1 saturated heterocycles. The third-order valence-electron chi connectivity index (χ3n) is 4.39. The topological polar surface area (TPSA) is 55.8 Å². The first kappa shape index (κ1) is 17.7. The van der Waals surface area contributed by atoms with Crippen LogP contribution in [0.3, 0.4) is 0 Å². The molecule has 1 aliphatic rings. The molecule has 3 rings (SSSR count). The van der Waals surface area contributed by atoms with Crippen molar-refractivity contribution in [3.05, 3.63) is 53.8 Å². The minimum Gasteiger partial charge on any atom is -0.497 e. The summed E-state index contributed by atoms with van der Waals surface area (Å²) < 4.78 is 51.9. The Morgan fingerprint density at radius 3 is 2.60 bits per heavy atom. The predicted octanol–water partition coefficient (Wildman–Crippen LogP) is 3.37. The van der Waals surface area contributed by atoms with Crippen molar-refractivity contribution < 1.29 is 22.3 Å². The van der Waals surface area contributed by atoms with Crippen molar-refractivity contribution in [2.45, 2.75) is 23.8 Å². The van der Waals surface area contributed by atoms with E-state index in [9.17, 15) is 12.8 Å². The monoisotopic (exact) mass is 365 g/mol. The van der Waals surface area contributed by atoms with Gasteiger partial charge in [0.2, 0.25) is 10.0 Å². The number of hydrogen-bond donors (Lipinski definition) is 0. The Kier molecular flexibility index (Phi) is 4.96. The third kappa shape index (κ3) is 3.34. The van der Waals surface area contributed by atoms with Gasteiger partial charge in [0.05, 0.1) is 20.3 Å². The third-order valence-corrected chi connectivity index (χ3v) is 6.32. The first-order valence-electron chi connectivity index (χ1n) is 7.96. The van der Waals surface area contributed by atoms with E-state index in [0.29, 0.717) is 30.7 Å². The molecule has 1 fully saturated rings. The summed E-state index contributed by atoms with van der Waals surface area (Å²) in [7, 11) is -0.917.